The van der Waals surface area contributed by atoms with Gasteiger partial charge in [0.05, 0.1) is 18.2 Å². The van der Waals surface area contributed by atoms with Crippen LogP contribution in [0.4, 0.5) is 0 Å². The first kappa shape index (κ1) is 25.4. The van der Waals surface area contributed by atoms with E-state index in [2.05, 4.69) is 6.92 Å². The molecule has 0 aromatic heterocycles. The van der Waals surface area contributed by atoms with E-state index in [1.165, 1.54) is 4.90 Å². The van der Waals surface area contributed by atoms with Gasteiger partial charge in [-0.05, 0) is 47.9 Å². The molecule has 1 fully saturated rings. The molecule has 0 saturated carbocycles. The molecule has 38 heavy (non-hydrogen) atoms. The minimum Gasteiger partial charge on any atom is -0.507 e. The van der Waals surface area contributed by atoms with Crippen LogP contribution in [0.3, 0.4) is 0 Å². The molecule has 0 radical (unpaired) electrons. The summed E-state index contributed by atoms with van der Waals surface area (Å²) in [5.41, 5.74) is 1.98. The molecule has 1 N–H and O–H groups in total. The first-order chi connectivity index (χ1) is 18.6. The summed E-state index contributed by atoms with van der Waals surface area (Å²) < 4.78 is 17.2. The first-order valence-electron chi connectivity index (χ1n) is 13.0. The zero-order chi connectivity index (χ0) is 26.5. The Morgan fingerprint density at radius 2 is 1.74 bits per heavy atom. The van der Waals surface area contributed by atoms with Crippen molar-refractivity contribution in [2.75, 3.05) is 19.8 Å². The molecule has 0 aliphatic carbocycles. The predicted molar refractivity (Wildman–Crippen MR) is 143 cm³/mol. The Hall–Kier alpha value is -4.26. The van der Waals surface area contributed by atoms with E-state index in [-0.39, 0.29) is 17.9 Å². The van der Waals surface area contributed by atoms with Crippen LogP contribution < -0.4 is 14.2 Å². The van der Waals surface area contributed by atoms with E-state index in [1.54, 1.807) is 18.2 Å². The summed E-state index contributed by atoms with van der Waals surface area (Å²) >= 11 is 0. The summed E-state index contributed by atoms with van der Waals surface area (Å²) in [6.45, 7) is 3.77. The first-order valence-corrected chi connectivity index (χ1v) is 13.0. The maximum atomic E-state index is 13.4. The number of hydrogen-bond donors (Lipinski definition) is 1. The van der Waals surface area contributed by atoms with Gasteiger partial charge >= 0.3 is 0 Å². The van der Waals surface area contributed by atoms with E-state index >= 15 is 0 Å². The van der Waals surface area contributed by atoms with Crippen molar-refractivity contribution in [3.05, 3.63) is 95.1 Å². The van der Waals surface area contributed by atoms with Gasteiger partial charge in [0.1, 0.15) is 24.7 Å². The highest BCUT2D eigenvalue weighted by atomic mass is 16.6. The number of Topliss-reactive ketones (excluding diaryl/α,β-unsaturated/α-hetero) is 1. The third-order valence-electron chi connectivity index (χ3n) is 6.74. The number of carbonyl (C=O) groups excluding carboxylic acids is 2. The van der Waals surface area contributed by atoms with Crippen molar-refractivity contribution in [3.63, 3.8) is 0 Å². The van der Waals surface area contributed by atoms with Gasteiger partial charge in [-0.25, -0.2) is 0 Å². The molecule has 7 heteroatoms. The number of ketones is 1. The fourth-order valence-electron chi connectivity index (χ4n) is 4.83. The van der Waals surface area contributed by atoms with Gasteiger partial charge in [0.2, 0.25) is 0 Å². The molecule has 1 saturated heterocycles. The highest BCUT2D eigenvalue weighted by molar-refractivity contribution is 6.46. The third kappa shape index (κ3) is 5.23. The van der Waals surface area contributed by atoms with Gasteiger partial charge in [0.25, 0.3) is 11.7 Å². The molecule has 0 unspecified atom stereocenters. The van der Waals surface area contributed by atoms with Gasteiger partial charge in [-0.2, -0.15) is 0 Å². The maximum Gasteiger partial charge on any atom is 0.295 e. The molecule has 3 aromatic rings. The number of benzene rings is 3. The second-order valence-electron chi connectivity index (χ2n) is 9.40. The Kier molecular flexibility index (Phi) is 7.63. The van der Waals surface area contributed by atoms with Gasteiger partial charge in [-0.15, -0.1) is 0 Å². The largest absolute Gasteiger partial charge is 0.507 e. The topological polar surface area (TPSA) is 85.3 Å². The van der Waals surface area contributed by atoms with Crippen LogP contribution >= 0.6 is 0 Å². The molecule has 1 atom stereocenters. The molecule has 3 aromatic carbocycles. The van der Waals surface area contributed by atoms with Crippen LogP contribution in [0.15, 0.2) is 78.4 Å². The van der Waals surface area contributed by atoms with Gasteiger partial charge in [-0.3, -0.25) is 9.59 Å². The van der Waals surface area contributed by atoms with Crippen molar-refractivity contribution in [2.45, 2.75) is 38.8 Å². The van der Waals surface area contributed by atoms with Crippen LogP contribution in [0, 0.1) is 0 Å². The van der Waals surface area contributed by atoms with E-state index < -0.39 is 17.7 Å². The van der Waals surface area contributed by atoms with Crippen molar-refractivity contribution in [1.82, 2.24) is 4.90 Å². The number of aliphatic hydroxyl groups excluding tert-OH is 1. The molecule has 2 heterocycles. The van der Waals surface area contributed by atoms with E-state index in [1.807, 2.05) is 54.6 Å². The van der Waals surface area contributed by atoms with Gasteiger partial charge in [0, 0.05) is 12.1 Å². The van der Waals surface area contributed by atoms with Crippen LogP contribution in [0.2, 0.25) is 0 Å². The molecule has 0 bridgehead atoms. The highest BCUT2D eigenvalue weighted by Gasteiger charge is 2.46. The Balaban J connectivity index is 1.56. The molecular formula is C31H31NO6. The molecule has 2 aliphatic heterocycles. The number of ether oxygens (including phenoxy) is 3. The Morgan fingerprint density at radius 3 is 2.53 bits per heavy atom. The van der Waals surface area contributed by atoms with Crippen LogP contribution in [-0.4, -0.2) is 41.5 Å². The fraction of sp³-hybridized carbons (Fsp3) is 0.290. The average Bonchev–Trinajstić information content (AvgIpc) is 3.20. The van der Waals surface area contributed by atoms with E-state index in [4.69, 9.17) is 14.2 Å². The Morgan fingerprint density at radius 1 is 0.947 bits per heavy atom. The molecule has 1 amide bonds. The number of nitrogens with zero attached hydrogens (tertiary/aromatic N) is 1. The number of hydrogen-bond acceptors (Lipinski definition) is 6. The minimum atomic E-state index is -0.789. The van der Waals surface area contributed by atoms with Crippen molar-refractivity contribution < 1.29 is 28.9 Å². The predicted octanol–water partition coefficient (Wildman–Crippen LogP) is 5.65. The molecule has 0 spiro atoms. The van der Waals surface area contributed by atoms with Crippen molar-refractivity contribution in [3.8, 4) is 17.2 Å². The van der Waals surface area contributed by atoms with Crippen molar-refractivity contribution >= 4 is 17.4 Å². The van der Waals surface area contributed by atoms with E-state index in [0.29, 0.717) is 48.2 Å². The fourth-order valence-corrected chi connectivity index (χ4v) is 4.83. The maximum absolute atomic E-state index is 13.4. The number of likely N-dealkylation sites (tertiary alicyclic amines) is 1. The standard InChI is InChI=1S/C31H31NO6/c1-2-3-7-15-36-24-12-8-11-22(18-24)28-27(29(33)23-13-14-25-26(19-23)38-17-16-37-25)30(34)31(35)32(28)20-21-9-5-4-6-10-21/h4-6,8-14,18-19,28,33H,2-3,7,15-17,20H2,1H3/t28-/m1/s1. The molecule has 2 aliphatic rings. The summed E-state index contributed by atoms with van der Waals surface area (Å²) in [6.07, 6.45) is 3.11. The summed E-state index contributed by atoms with van der Waals surface area (Å²) in [7, 11) is 0. The number of carbonyl (C=O) groups is 2. The van der Waals surface area contributed by atoms with Gasteiger partial charge in [-0.1, -0.05) is 62.2 Å². The number of fused-ring (bicyclic) bond motifs is 1. The Labute approximate surface area is 222 Å². The lowest BCUT2D eigenvalue weighted by atomic mass is 9.94. The van der Waals surface area contributed by atoms with Crippen molar-refractivity contribution in [2.24, 2.45) is 0 Å². The van der Waals surface area contributed by atoms with Gasteiger partial charge in [0.15, 0.2) is 11.5 Å². The Bertz CT molecular complexity index is 1350. The summed E-state index contributed by atoms with van der Waals surface area (Å²) in [5, 5.41) is 11.4. The summed E-state index contributed by atoms with van der Waals surface area (Å²) in [5.74, 6) is 0.0674. The highest BCUT2D eigenvalue weighted by Crippen LogP contribution is 2.42. The lowest BCUT2D eigenvalue weighted by molar-refractivity contribution is -0.140. The van der Waals surface area contributed by atoms with Crippen LogP contribution in [-0.2, 0) is 16.1 Å². The molecule has 196 valence electrons. The van der Waals surface area contributed by atoms with Crippen LogP contribution in [0.25, 0.3) is 5.76 Å². The minimum absolute atomic E-state index is 0.0331. The van der Waals surface area contributed by atoms with Gasteiger partial charge < -0.3 is 24.2 Å². The normalized spacial score (nSPS) is 18.0. The van der Waals surface area contributed by atoms with E-state index in [9.17, 15) is 14.7 Å². The lowest BCUT2D eigenvalue weighted by Crippen LogP contribution is -2.29. The summed E-state index contributed by atoms with van der Waals surface area (Å²) in [6, 6.07) is 21.1. The quantitative estimate of drug-likeness (QED) is 0.172. The number of amides is 1. The zero-order valence-electron chi connectivity index (χ0n) is 21.4. The number of unbranched alkanes of at least 4 members (excludes halogenated alkanes) is 2. The smallest absolute Gasteiger partial charge is 0.295 e. The average molecular weight is 514 g/mol. The summed E-state index contributed by atoms with van der Waals surface area (Å²) in [4.78, 5) is 28.3. The number of aliphatic hydroxyl groups is 1. The molecular weight excluding hydrogens is 482 g/mol. The zero-order valence-corrected chi connectivity index (χ0v) is 21.4. The van der Waals surface area contributed by atoms with E-state index in [0.717, 1.165) is 24.8 Å². The van der Waals surface area contributed by atoms with Crippen molar-refractivity contribution in [1.29, 1.82) is 0 Å². The number of rotatable bonds is 9. The monoisotopic (exact) mass is 513 g/mol. The van der Waals surface area contributed by atoms with Crippen LogP contribution in [0.1, 0.15) is 48.9 Å². The lowest BCUT2D eigenvalue weighted by Gasteiger charge is -2.26. The SMILES string of the molecule is CCCCCOc1cccc([C@@H]2C(=C(O)c3ccc4c(c3)OCCO4)C(=O)C(=O)N2Cc2ccccc2)c1. The third-order valence-corrected chi connectivity index (χ3v) is 6.74. The molecule has 5 rings (SSSR count). The second kappa shape index (κ2) is 11.4. The molecule has 7 nitrogen and oxygen atoms in total. The van der Waals surface area contributed by atoms with Crippen LogP contribution in [0.5, 0.6) is 17.2 Å². The second-order valence-corrected chi connectivity index (χ2v) is 9.40.